The molecule has 0 atom stereocenters. The van der Waals surface area contributed by atoms with Crippen LogP contribution in [0.25, 0.3) is 10.2 Å². The van der Waals surface area contributed by atoms with Gasteiger partial charge in [0, 0.05) is 18.8 Å². The minimum atomic E-state index is -0.00601. The Labute approximate surface area is 150 Å². The molecular weight excluding hydrogens is 334 g/mol. The van der Waals surface area contributed by atoms with Crippen LogP contribution < -0.4 is 15.0 Å². The molecule has 0 spiro atoms. The van der Waals surface area contributed by atoms with Gasteiger partial charge in [0.25, 0.3) is 0 Å². The number of ether oxygens (including phenoxy) is 1. The first kappa shape index (κ1) is 15.9. The Morgan fingerprint density at radius 2 is 2.04 bits per heavy atom. The van der Waals surface area contributed by atoms with Gasteiger partial charge in [0.2, 0.25) is 5.91 Å². The molecule has 1 aliphatic rings. The van der Waals surface area contributed by atoms with Gasteiger partial charge in [-0.3, -0.25) is 4.79 Å². The fourth-order valence-corrected chi connectivity index (χ4v) is 3.96. The summed E-state index contributed by atoms with van der Waals surface area (Å²) in [6.07, 6.45) is 0. The summed E-state index contributed by atoms with van der Waals surface area (Å²) in [7, 11) is 1.66. The van der Waals surface area contributed by atoms with Gasteiger partial charge in [-0.1, -0.05) is 35.6 Å². The molecule has 0 aliphatic carbocycles. The molecule has 5 nitrogen and oxygen atoms in total. The van der Waals surface area contributed by atoms with Crippen molar-refractivity contribution in [2.24, 2.45) is 5.92 Å². The summed E-state index contributed by atoms with van der Waals surface area (Å²) in [4.78, 5) is 19.3. The van der Waals surface area contributed by atoms with E-state index in [2.05, 4.69) is 15.2 Å². The zero-order valence-corrected chi connectivity index (χ0v) is 15.0. The number of para-hydroxylation sites is 2. The number of aromatic nitrogens is 1. The molecule has 128 valence electrons. The SMILES string of the molecule is COc1cccc2sc(N3CC(C(=O)Nc4ccccc4C)C3)nc12. The fourth-order valence-electron chi connectivity index (χ4n) is 2.96. The third-order valence-electron chi connectivity index (χ3n) is 4.52. The Balaban J connectivity index is 1.43. The zero-order valence-electron chi connectivity index (χ0n) is 14.2. The molecule has 1 fully saturated rings. The summed E-state index contributed by atoms with van der Waals surface area (Å²) in [5.41, 5.74) is 2.85. The summed E-state index contributed by atoms with van der Waals surface area (Å²) in [6.45, 7) is 3.39. The number of benzene rings is 2. The Morgan fingerprint density at radius 3 is 2.80 bits per heavy atom. The number of nitrogens with zero attached hydrogens (tertiary/aromatic N) is 2. The number of aryl methyl sites for hydroxylation is 1. The molecule has 2 heterocycles. The topological polar surface area (TPSA) is 54.5 Å². The number of rotatable bonds is 4. The molecule has 6 heteroatoms. The van der Waals surface area contributed by atoms with Crippen molar-refractivity contribution in [2.75, 3.05) is 30.4 Å². The minimum Gasteiger partial charge on any atom is -0.494 e. The van der Waals surface area contributed by atoms with Crippen LogP contribution in [-0.4, -0.2) is 31.1 Å². The predicted octanol–water partition coefficient (Wildman–Crippen LogP) is 3.69. The molecule has 2 aromatic carbocycles. The van der Waals surface area contributed by atoms with Crippen LogP contribution in [0.4, 0.5) is 10.8 Å². The fraction of sp³-hybridized carbons (Fsp3) is 0.263. The number of hydrogen-bond donors (Lipinski definition) is 1. The number of methoxy groups -OCH3 is 1. The number of thiazole rings is 1. The van der Waals surface area contributed by atoms with Gasteiger partial charge in [0.1, 0.15) is 11.3 Å². The zero-order chi connectivity index (χ0) is 17.4. The highest BCUT2D eigenvalue weighted by molar-refractivity contribution is 7.22. The van der Waals surface area contributed by atoms with E-state index in [1.807, 2.05) is 49.4 Å². The summed E-state index contributed by atoms with van der Waals surface area (Å²) < 4.78 is 6.47. The quantitative estimate of drug-likeness (QED) is 0.777. The molecule has 1 N–H and O–H groups in total. The van der Waals surface area contributed by atoms with Crippen LogP contribution in [0, 0.1) is 12.8 Å². The van der Waals surface area contributed by atoms with Crippen molar-refractivity contribution >= 4 is 38.3 Å². The van der Waals surface area contributed by atoms with E-state index < -0.39 is 0 Å². The second kappa shape index (κ2) is 6.37. The number of nitrogens with one attached hydrogen (secondary N) is 1. The minimum absolute atomic E-state index is 0.00601. The van der Waals surface area contributed by atoms with Gasteiger partial charge in [-0.25, -0.2) is 4.98 Å². The van der Waals surface area contributed by atoms with E-state index in [1.54, 1.807) is 18.4 Å². The van der Waals surface area contributed by atoms with Crippen LogP contribution in [-0.2, 0) is 4.79 Å². The first-order chi connectivity index (χ1) is 12.2. The molecular formula is C19H19N3O2S. The number of anilines is 2. The average molecular weight is 353 g/mol. The van der Waals surface area contributed by atoms with Crippen molar-refractivity contribution in [1.29, 1.82) is 0 Å². The van der Waals surface area contributed by atoms with E-state index in [-0.39, 0.29) is 11.8 Å². The molecule has 1 aliphatic heterocycles. The molecule has 25 heavy (non-hydrogen) atoms. The van der Waals surface area contributed by atoms with Gasteiger partial charge < -0.3 is 15.0 Å². The maximum Gasteiger partial charge on any atom is 0.231 e. The van der Waals surface area contributed by atoms with Gasteiger partial charge in [-0.05, 0) is 30.7 Å². The van der Waals surface area contributed by atoms with E-state index in [0.29, 0.717) is 13.1 Å². The van der Waals surface area contributed by atoms with Gasteiger partial charge >= 0.3 is 0 Å². The molecule has 1 aromatic heterocycles. The van der Waals surface area contributed by atoms with Crippen molar-refractivity contribution < 1.29 is 9.53 Å². The number of amides is 1. The lowest BCUT2D eigenvalue weighted by molar-refractivity contribution is -0.120. The lowest BCUT2D eigenvalue weighted by Gasteiger charge is -2.38. The maximum absolute atomic E-state index is 12.4. The predicted molar refractivity (Wildman–Crippen MR) is 102 cm³/mol. The van der Waals surface area contributed by atoms with Crippen LogP contribution in [0.5, 0.6) is 5.75 Å². The largest absolute Gasteiger partial charge is 0.494 e. The summed E-state index contributed by atoms with van der Waals surface area (Å²) in [5.74, 6) is 0.854. The second-order valence-electron chi connectivity index (χ2n) is 6.21. The molecule has 0 unspecified atom stereocenters. The Bertz CT molecular complexity index is 931. The third-order valence-corrected chi connectivity index (χ3v) is 5.60. The molecule has 3 aromatic rings. The van der Waals surface area contributed by atoms with Crippen molar-refractivity contribution in [3.05, 3.63) is 48.0 Å². The Kier molecular flexibility index (Phi) is 4.05. The number of carbonyl (C=O) groups excluding carboxylic acids is 1. The van der Waals surface area contributed by atoms with Crippen molar-refractivity contribution in [1.82, 2.24) is 4.98 Å². The highest BCUT2D eigenvalue weighted by Crippen LogP contribution is 2.36. The van der Waals surface area contributed by atoms with Crippen molar-refractivity contribution in [3.63, 3.8) is 0 Å². The molecule has 4 rings (SSSR count). The van der Waals surface area contributed by atoms with Crippen molar-refractivity contribution in [2.45, 2.75) is 6.92 Å². The van der Waals surface area contributed by atoms with Gasteiger partial charge in [0.05, 0.1) is 17.7 Å². The number of fused-ring (bicyclic) bond motifs is 1. The highest BCUT2D eigenvalue weighted by atomic mass is 32.1. The third kappa shape index (κ3) is 2.93. The maximum atomic E-state index is 12.4. The standard InChI is InChI=1S/C19H19N3O2S/c1-12-6-3-4-7-14(12)20-18(23)13-10-22(11-13)19-21-17-15(24-2)8-5-9-16(17)25-19/h3-9,13H,10-11H2,1-2H3,(H,20,23). The van der Waals surface area contributed by atoms with E-state index in [9.17, 15) is 4.79 Å². The Morgan fingerprint density at radius 1 is 1.24 bits per heavy atom. The van der Waals surface area contributed by atoms with Crippen molar-refractivity contribution in [3.8, 4) is 5.75 Å². The lowest BCUT2D eigenvalue weighted by Crippen LogP contribution is -2.52. The number of carbonyl (C=O) groups is 1. The van der Waals surface area contributed by atoms with Gasteiger partial charge in [0.15, 0.2) is 5.13 Å². The molecule has 0 bridgehead atoms. The van der Waals surface area contributed by atoms with E-state index in [0.717, 1.165) is 32.3 Å². The van der Waals surface area contributed by atoms with Gasteiger partial charge in [-0.2, -0.15) is 0 Å². The molecule has 0 radical (unpaired) electrons. The normalized spacial score (nSPS) is 14.4. The summed E-state index contributed by atoms with van der Waals surface area (Å²) >= 11 is 1.63. The smallest absolute Gasteiger partial charge is 0.231 e. The lowest BCUT2D eigenvalue weighted by atomic mass is 10.00. The summed E-state index contributed by atoms with van der Waals surface area (Å²) in [6, 6.07) is 13.8. The molecule has 0 saturated carbocycles. The molecule has 1 saturated heterocycles. The van der Waals surface area contributed by atoms with E-state index >= 15 is 0 Å². The number of hydrogen-bond acceptors (Lipinski definition) is 5. The van der Waals surface area contributed by atoms with E-state index in [4.69, 9.17) is 4.74 Å². The average Bonchev–Trinajstić information content (AvgIpc) is 2.99. The van der Waals surface area contributed by atoms with Crippen LogP contribution in [0.15, 0.2) is 42.5 Å². The Hall–Kier alpha value is -2.60. The van der Waals surface area contributed by atoms with Crippen LogP contribution in [0.1, 0.15) is 5.56 Å². The van der Waals surface area contributed by atoms with Gasteiger partial charge in [-0.15, -0.1) is 0 Å². The first-order valence-corrected chi connectivity index (χ1v) is 9.02. The molecule has 1 amide bonds. The monoisotopic (exact) mass is 353 g/mol. The van der Waals surface area contributed by atoms with Crippen LogP contribution in [0.2, 0.25) is 0 Å². The van der Waals surface area contributed by atoms with Crippen LogP contribution >= 0.6 is 11.3 Å². The van der Waals surface area contributed by atoms with Crippen LogP contribution in [0.3, 0.4) is 0 Å². The highest BCUT2D eigenvalue weighted by Gasteiger charge is 2.34. The first-order valence-electron chi connectivity index (χ1n) is 8.20. The second-order valence-corrected chi connectivity index (χ2v) is 7.22. The van der Waals surface area contributed by atoms with E-state index in [1.165, 1.54) is 0 Å². The summed E-state index contributed by atoms with van der Waals surface area (Å²) in [5, 5.41) is 3.97.